The molecule has 0 unspecified atom stereocenters. The largest absolute Gasteiger partial charge is 0.376 e. The zero-order valence-corrected chi connectivity index (χ0v) is 14.4. The molecular weight excluding hydrogens is 343 g/mol. The van der Waals surface area contributed by atoms with Gasteiger partial charge in [-0.25, -0.2) is 0 Å². The van der Waals surface area contributed by atoms with Crippen LogP contribution >= 0.6 is 34.8 Å². The van der Waals surface area contributed by atoms with Crippen LogP contribution in [0.1, 0.15) is 11.1 Å². The summed E-state index contributed by atoms with van der Waals surface area (Å²) in [6.07, 6.45) is 0. The van der Waals surface area contributed by atoms with Crippen LogP contribution in [-0.4, -0.2) is 12.5 Å². The molecule has 0 aromatic heterocycles. The number of hydrogen-bond acceptors (Lipinski definition) is 2. The molecule has 3 nitrogen and oxygen atoms in total. The molecule has 0 bridgehead atoms. The number of benzene rings is 2. The van der Waals surface area contributed by atoms with E-state index in [1.165, 1.54) is 12.1 Å². The number of aryl methyl sites for hydroxylation is 2. The van der Waals surface area contributed by atoms with Crippen molar-refractivity contribution < 1.29 is 4.79 Å². The van der Waals surface area contributed by atoms with Crippen molar-refractivity contribution in [2.75, 3.05) is 17.2 Å². The number of anilines is 2. The predicted octanol–water partition coefficient (Wildman–Crippen LogP) is 5.31. The van der Waals surface area contributed by atoms with Gasteiger partial charge in [-0.1, -0.05) is 46.9 Å². The molecule has 2 N–H and O–H groups in total. The van der Waals surface area contributed by atoms with E-state index in [9.17, 15) is 4.79 Å². The average Bonchev–Trinajstić information content (AvgIpc) is 2.45. The summed E-state index contributed by atoms with van der Waals surface area (Å²) in [5.74, 6) is -0.221. The molecule has 0 radical (unpaired) electrons. The molecule has 0 saturated carbocycles. The molecule has 0 aliphatic rings. The van der Waals surface area contributed by atoms with Crippen molar-refractivity contribution in [3.63, 3.8) is 0 Å². The topological polar surface area (TPSA) is 41.1 Å². The summed E-state index contributed by atoms with van der Waals surface area (Å²) < 4.78 is 0. The monoisotopic (exact) mass is 356 g/mol. The lowest BCUT2D eigenvalue weighted by Gasteiger charge is -2.12. The zero-order valence-electron chi connectivity index (χ0n) is 12.1. The van der Waals surface area contributed by atoms with Gasteiger partial charge in [0.15, 0.2) is 0 Å². The van der Waals surface area contributed by atoms with Crippen molar-refractivity contribution in [3.8, 4) is 0 Å². The van der Waals surface area contributed by atoms with E-state index in [0.717, 1.165) is 16.8 Å². The van der Waals surface area contributed by atoms with Crippen LogP contribution in [0.2, 0.25) is 15.1 Å². The van der Waals surface area contributed by atoms with Crippen LogP contribution in [0.25, 0.3) is 0 Å². The molecule has 0 aliphatic heterocycles. The van der Waals surface area contributed by atoms with E-state index in [2.05, 4.69) is 10.6 Å². The van der Waals surface area contributed by atoms with Crippen LogP contribution in [0.5, 0.6) is 0 Å². The van der Waals surface area contributed by atoms with Crippen LogP contribution in [-0.2, 0) is 4.79 Å². The van der Waals surface area contributed by atoms with E-state index in [-0.39, 0.29) is 12.5 Å². The Morgan fingerprint density at radius 2 is 1.64 bits per heavy atom. The Labute approximate surface area is 144 Å². The SMILES string of the molecule is Cc1ccc(C)c(NCC(=O)Nc2cc(Cl)c(Cl)cc2Cl)c1. The van der Waals surface area contributed by atoms with Crippen LogP contribution < -0.4 is 10.6 Å². The minimum absolute atomic E-state index is 0.126. The minimum Gasteiger partial charge on any atom is -0.376 e. The lowest BCUT2D eigenvalue weighted by Crippen LogP contribution is -2.22. The van der Waals surface area contributed by atoms with Crippen LogP contribution in [0.3, 0.4) is 0 Å². The fourth-order valence-corrected chi connectivity index (χ4v) is 2.51. The predicted molar refractivity (Wildman–Crippen MR) is 94.5 cm³/mol. The van der Waals surface area contributed by atoms with Gasteiger partial charge in [0, 0.05) is 5.69 Å². The molecule has 1 amide bonds. The number of rotatable bonds is 4. The summed E-state index contributed by atoms with van der Waals surface area (Å²) in [6.45, 7) is 4.11. The van der Waals surface area contributed by atoms with E-state index in [1.54, 1.807) is 0 Å². The van der Waals surface area contributed by atoms with Crippen molar-refractivity contribution >= 4 is 52.1 Å². The third kappa shape index (κ3) is 4.29. The number of amides is 1. The second kappa shape index (κ2) is 7.23. The number of nitrogens with one attached hydrogen (secondary N) is 2. The standard InChI is InChI=1S/C16H15Cl3N2O/c1-9-3-4-10(2)14(5-9)20-8-16(22)21-15-7-12(18)11(17)6-13(15)19/h3-7,20H,8H2,1-2H3,(H,21,22). The van der Waals surface area contributed by atoms with E-state index in [4.69, 9.17) is 34.8 Å². The third-order valence-corrected chi connectivity index (χ3v) is 4.15. The minimum atomic E-state index is -0.221. The Bertz CT molecular complexity index is 717. The first-order valence-electron chi connectivity index (χ1n) is 6.62. The maximum atomic E-state index is 12.0. The second-order valence-electron chi connectivity index (χ2n) is 4.97. The molecule has 2 rings (SSSR count). The highest BCUT2D eigenvalue weighted by atomic mass is 35.5. The molecule has 22 heavy (non-hydrogen) atoms. The Morgan fingerprint density at radius 3 is 2.36 bits per heavy atom. The molecule has 0 spiro atoms. The van der Waals surface area contributed by atoms with Gasteiger partial charge >= 0.3 is 0 Å². The van der Waals surface area contributed by atoms with Gasteiger partial charge in [0.25, 0.3) is 0 Å². The lowest BCUT2D eigenvalue weighted by molar-refractivity contribution is -0.114. The van der Waals surface area contributed by atoms with Crippen molar-refractivity contribution in [2.45, 2.75) is 13.8 Å². The highest BCUT2D eigenvalue weighted by Crippen LogP contribution is 2.32. The summed E-state index contributed by atoms with van der Waals surface area (Å²) in [7, 11) is 0. The van der Waals surface area contributed by atoms with Crippen molar-refractivity contribution in [2.24, 2.45) is 0 Å². The fourth-order valence-electron chi connectivity index (χ4n) is 1.91. The van der Waals surface area contributed by atoms with Gasteiger partial charge in [0.05, 0.1) is 27.3 Å². The molecule has 2 aromatic rings. The highest BCUT2D eigenvalue weighted by Gasteiger charge is 2.09. The molecule has 0 fully saturated rings. The van der Waals surface area contributed by atoms with Gasteiger partial charge in [-0.05, 0) is 43.2 Å². The summed E-state index contributed by atoms with van der Waals surface area (Å²) in [5.41, 5.74) is 3.56. The second-order valence-corrected chi connectivity index (χ2v) is 6.19. The van der Waals surface area contributed by atoms with Crippen LogP contribution in [0, 0.1) is 13.8 Å². The summed E-state index contributed by atoms with van der Waals surface area (Å²) >= 11 is 17.8. The number of hydrogen-bond donors (Lipinski definition) is 2. The van der Waals surface area contributed by atoms with E-state index >= 15 is 0 Å². The Kier molecular flexibility index (Phi) is 5.57. The molecule has 0 saturated heterocycles. The first kappa shape index (κ1) is 16.9. The Balaban J connectivity index is 2.02. The molecule has 2 aromatic carbocycles. The van der Waals surface area contributed by atoms with Crippen molar-refractivity contribution in [1.82, 2.24) is 0 Å². The van der Waals surface area contributed by atoms with Crippen LogP contribution in [0.4, 0.5) is 11.4 Å². The lowest BCUT2D eigenvalue weighted by atomic mass is 10.1. The Hall–Kier alpha value is -1.42. The molecule has 0 aliphatic carbocycles. The molecule has 0 atom stereocenters. The van der Waals surface area contributed by atoms with E-state index < -0.39 is 0 Å². The summed E-state index contributed by atoms with van der Waals surface area (Å²) in [5, 5.41) is 6.84. The third-order valence-electron chi connectivity index (χ3n) is 3.12. The number of halogens is 3. The summed E-state index contributed by atoms with van der Waals surface area (Å²) in [6, 6.07) is 9.05. The van der Waals surface area contributed by atoms with Gasteiger partial charge in [-0.15, -0.1) is 0 Å². The first-order chi connectivity index (χ1) is 10.4. The Morgan fingerprint density at radius 1 is 0.955 bits per heavy atom. The fraction of sp³-hybridized carbons (Fsp3) is 0.188. The van der Waals surface area contributed by atoms with Gasteiger partial charge in [-0.3, -0.25) is 4.79 Å². The van der Waals surface area contributed by atoms with Crippen molar-refractivity contribution in [3.05, 3.63) is 56.5 Å². The first-order valence-corrected chi connectivity index (χ1v) is 7.75. The quantitative estimate of drug-likeness (QED) is 0.728. The smallest absolute Gasteiger partial charge is 0.243 e. The van der Waals surface area contributed by atoms with Gasteiger partial charge < -0.3 is 10.6 Å². The normalized spacial score (nSPS) is 10.4. The number of carbonyl (C=O) groups excluding carboxylic acids is 1. The number of carbonyl (C=O) groups is 1. The van der Waals surface area contributed by atoms with Crippen molar-refractivity contribution in [1.29, 1.82) is 0 Å². The molecule has 116 valence electrons. The molecule has 0 heterocycles. The van der Waals surface area contributed by atoms with Crippen LogP contribution in [0.15, 0.2) is 30.3 Å². The van der Waals surface area contributed by atoms with Gasteiger partial charge in [-0.2, -0.15) is 0 Å². The maximum Gasteiger partial charge on any atom is 0.243 e. The summed E-state index contributed by atoms with van der Waals surface area (Å²) in [4.78, 5) is 12.0. The molecule has 6 heteroatoms. The van der Waals surface area contributed by atoms with E-state index in [1.807, 2.05) is 32.0 Å². The maximum absolute atomic E-state index is 12.0. The van der Waals surface area contributed by atoms with Gasteiger partial charge in [0.2, 0.25) is 5.91 Å². The van der Waals surface area contributed by atoms with Gasteiger partial charge in [0.1, 0.15) is 0 Å². The molecular formula is C16H15Cl3N2O. The zero-order chi connectivity index (χ0) is 16.3. The highest BCUT2D eigenvalue weighted by molar-refractivity contribution is 6.44. The average molecular weight is 358 g/mol. The van der Waals surface area contributed by atoms with E-state index in [0.29, 0.717) is 20.8 Å².